The van der Waals surface area contributed by atoms with E-state index in [9.17, 15) is 22.0 Å². The van der Waals surface area contributed by atoms with Crippen LogP contribution in [0.15, 0.2) is 12.1 Å². The lowest BCUT2D eigenvalue weighted by Crippen LogP contribution is -2.43. The van der Waals surface area contributed by atoms with Crippen LogP contribution >= 0.6 is 0 Å². The maximum absolute atomic E-state index is 13.5. The molecule has 0 aromatic heterocycles. The summed E-state index contributed by atoms with van der Waals surface area (Å²) in [5, 5.41) is 0. The minimum absolute atomic E-state index is 0.259. The zero-order valence-corrected chi connectivity index (χ0v) is 14.0. The Kier molecular flexibility index (Phi) is 5.36. The van der Waals surface area contributed by atoms with Gasteiger partial charge in [-0.2, -0.15) is 0 Å². The molecule has 0 aliphatic carbocycles. The van der Waals surface area contributed by atoms with Gasteiger partial charge in [0.2, 0.25) is 15.9 Å². The molecule has 8 heteroatoms. The Hall–Kier alpha value is -1.54. The maximum atomic E-state index is 13.5. The molecule has 0 N–H and O–H groups in total. The second-order valence-electron chi connectivity index (χ2n) is 5.38. The average Bonchev–Trinajstić information content (AvgIpc) is 2.48. The van der Waals surface area contributed by atoms with E-state index in [-0.39, 0.29) is 18.8 Å². The molecule has 1 aromatic rings. The molecule has 0 radical (unpaired) electrons. The van der Waals surface area contributed by atoms with Gasteiger partial charge in [-0.15, -0.1) is 0 Å². The van der Waals surface area contributed by atoms with Gasteiger partial charge in [0.1, 0.15) is 5.75 Å². The van der Waals surface area contributed by atoms with Gasteiger partial charge < -0.3 is 4.90 Å². The summed E-state index contributed by atoms with van der Waals surface area (Å²) in [6.07, 6.45) is 1.11. The van der Waals surface area contributed by atoms with Crippen molar-refractivity contribution in [2.75, 3.05) is 30.3 Å². The maximum Gasteiger partial charge on any atom is 0.243 e. The van der Waals surface area contributed by atoms with Gasteiger partial charge in [-0.1, -0.05) is 13.8 Å². The second kappa shape index (κ2) is 6.92. The van der Waals surface area contributed by atoms with E-state index >= 15 is 0 Å². The van der Waals surface area contributed by atoms with Gasteiger partial charge in [0.15, 0.2) is 11.6 Å². The minimum atomic E-state index is -3.72. The summed E-state index contributed by atoms with van der Waals surface area (Å²) in [4.78, 5) is 13.7. The third-order valence-corrected chi connectivity index (χ3v) is 5.86. The molecule has 2 rings (SSSR count). The number of halogens is 2. The average molecular weight is 346 g/mol. The third-order valence-electron chi connectivity index (χ3n) is 3.95. The number of benzene rings is 1. The highest BCUT2D eigenvalue weighted by Gasteiger charge is 2.30. The largest absolute Gasteiger partial charge is 0.311 e. The third kappa shape index (κ3) is 3.69. The van der Waals surface area contributed by atoms with Crippen LogP contribution in [0.5, 0.6) is 0 Å². The molecular formula is C15H20F2N2O3S. The quantitative estimate of drug-likeness (QED) is 0.818. The molecule has 0 fully saturated rings. The molecule has 0 saturated carbocycles. The van der Waals surface area contributed by atoms with E-state index in [1.165, 1.54) is 9.21 Å². The molecular weight excluding hydrogens is 326 g/mol. The molecule has 128 valence electrons. The number of hydrogen-bond acceptors (Lipinski definition) is 3. The van der Waals surface area contributed by atoms with Crippen LogP contribution in [0.4, 0.5) is 14.5 Å². The van der Waals surface area contributed by atoms with Crippen LogP contribution in [0.1, 0.15) is 25.8 Å². The Morgan fingerprint density at radius 2 is 1.83 bits per heavy atom. The lowest BCUT2D eigenvalue weighted by atomic mass is 10.0. The number of amides is 1. The molecule has 5 nitrogen and oxygen atoms in total. The number of hydrogen-bond donors (Lipinski definition) is 0. The molecule has 0 spiro atoms. The number of fused-ring (bicyclic) bond motifs is 1. The van der Waals surface area contributed by atoms with Crippen molar-refractivity contribution in [3.63, 3.8) is 0 Å². The van der Waals surface area contributed by atoms with Crippen LogP contribution in [0.2, 0.25) is 0 Å². The van der Waals surface area contributed by atoms with Gasteiger partial charge >= 0.3 is 0 Å². The van der Waals surface area contributed by atoms with E-state index < -0.39 is 33.3 Å². The predicted octanol–water partition coefficient (Wildman–Crippen LogP) is 1.92. The van der Waals surface area contributed by atoms with E-state index in [4.69, 9.17) is 0 Å². The summed E-state index contributed by atoms with van der Waals surface area (Å²) in [6, 6.07) is 2.04. The molecule has 1 heterocycles. The first-order valence-corrected chi connectivity index (χ1v) is 9.17. The number of carbonyl (C=O) groups excluding carboxylic acids is 1. The van der Waals surface area contributed by atoms with Gasteiger partial charge in [0, 0.05) is 31.4 Å². The van der Waals surface area contributed by atoms with E-state index in [1.807, 2.05) is 0 Å². The second-order valence-corrected chi connectivity index (χ2v) is 7.35. The van der Waals surface area contributed by atoms with Gasteiger partial charge in [0.25, 0.3) is 0 Å². The van der Waals surface area contributed by atoms with Crippen molar-refractivity contribution in [1.29, 1.82) is 0 Å². The lowest BCUT2D eigenvalue weighted by molar-refractivity contribution is -0.116. The predicted molar refractivity (Wildman–Crippen MR) is 83.7 cm³/mol. The zero-order chi connectivity index (χ0) is 17.2. The van der Waals surface area contributed by atoms with Crippen LogP contribution in [-0.2, 0) is 21.2 Å². The number of anilines is 1. The summed E-state index contributed by atoms with van der Waals surface area (Å²) >= 11 is 0. The fourth-order valence-corrected chi connectivity index (χ4v) is 4.22. The highest BCUT2D eigenvalue weighted by Crippen LogP contribution is 2.29. The summed E-state index contributed by atoms with van der Waals surface area (Å²) in [5.74, 6) is -3.31. The monoisotopic (exact) mass is 346 g/mol. The molecule has 0 bridgehead atoms. The molecule has 0 unspecified atom stereocenters. The fraction of sp³-hybridized carbons (Fsp3) is 0.533. The fourth-order valence-electron chi connectivity index (χ4n) is 2.78. The summed E-state index contributed by atoms with van der Waals surface area (Å²) in [5.41, 5.74) is 0.777. The number of aryl methyl sites for hydroxylation is 1. The molecule has 1 amide bonds. The van der Waals surface area contributed by atoms with Crippen LogP contribution < -0.4 is 4.90 Å². The standard InChI is InChI=1S/C15H20F2N2O3S/c1-3-18(4-2)23(21,22)10-15(20)19-7-5-6-11-8-12(16)13(17)9-14(11)19/h8-9H,3-7,10H2,1-2H3. The smallest absolute Gasteiger partial charge is 0.243 e. The number of carbonyl (C=O) groups is 1. The Balaban J connectivity index is 2.27. The Morgan fingerprint density at radius 3 is 2.43 bits per heavy atom. The topological polar surface area (TPSA) is 57.7 Å². The zero-order valence-electron chi connectivity index (χ0n) is 13.2. The van der Waals surface area contributed by atoms with Gasteiger partial charge in [-0.25, -0.2) is 21.5 Å². The Morgan fingerprint density at radius 1 is 1.22 bits per heavy atom. The van der Waals surface area contributed by atoms with Crippen LogP contribution in [0.25, 0.3) is 0 Å². The SMILES string of the molecule is CCN(CC)S(=O)(=O)CC(=O)N1CCCc2cc(F)c(F)cc21. The van der Waals surface area contributed by atoms with E-state index in [2.05, 4.69) is 0 Å². The number of nitrogens with zero attached hydrogens (tertiary/aromatic N) is 2. The lowest BCUT2D eigenvalue weighted by Gasteiger charge is -2.30. The highest BCUT2D eigenvalue weighted by atomic mass is 32.2. The highest BCUT2D eigenvalue weighted by molar-refractivity contribution is 7.89. The first-order valence-electron chi connectivity index (χ1n) is 7.56. The van der Waals surface area contributed by atoms with Crippen molar-refractivity contribution in [3.05, 3.63) is 29.3 Å². The molecule has 0 atom stereocenters. The molecule has 0 saturated heterocycles. The van der Waals surface area contributed by atoms with Gasteiger partial charge in [0.05, 0.1) is 0 Å². The van der Waals surface area contributed by atoms with Crippen LogP contribution in [0.3, 0.4) is 0 Å². The normalized spacial score (nSPS) is 14.9. The van der Waals surface area contributed by atoms with Crippen molar-refractivity contribution in [2.45, 2.75) is 26.7 Å². The van der Waals surface area contributed by atoms with E-state index in [1.54, 1.807) is 13.8 Å². The number of rotatable bonds is 5. The van der Waals surface area contributed by atoms with Crippen molar-refractivity contribution in [2.24, 2.45) is 0 Å². The van der Waals surface area contributed by atoms with Crippen molar-refractivity contribution < 1.29 is 22.0 Å². The van der Waals surface area contributed by atoms with Crippen LogP contribution in [0, 0.1) is 11.6 Å². The molecule has 1 aliphatic heterocycles. The van der Waals surface area contributed by atoms with E-state index in [0.717, 1.165) is 12.1 Å². The Labute approximate surface area is 134 Å². The summed E-state index contributed by atoms with van der Waals surface area (Å²) < 4.78 is 52.5. The van der Waals surface area contributed by atoms with Crippen molar-refractivity contribution in [3.8, 4) is 0 Å². The molecule has 23 heavy (non-hydrogen) atoms. The van der Waals surface area contributed by atoms with Gasteiger partial charge in [-0.05, 0) is 24.5 Å². The first-order chi connectivity index (χ1) is 10.8. The molecule has 1 aromatic carbocycles. The van der Waals surface area contributed by atoms with Gasteiger partial charge in [-0.3, -0.25) is 4.79 Å². The number of sulfonamides is 1. The molecule has 1 aliphatic rings. The summed E-state index contributed by atoms with van der Waals surface area (Å²) in [6.45, 7) is 4.25. The summed E-state index contributed by atoms with van der Waals surface area (Å²) in [7, 11) is -3.72. The minimum Gasteiger partial charge on any atom is -0.311 e. The van der Waals surface area contributed by atoms with Crippen molar-refractivity contribution >= 4 is 21.6 Å². The van der Waals surface area contributed by atoms with Crippen LogP contribution in [-0.4, -0.2) is 44.0 Å². The van der Waals surface area contributed by atoms with E-state index in [0.29, 0.717) is 24.9 Å². The first kappa shape index (κ1) is 17.8. The Bertz CT molecular complexity index is 703. The van der Waals surface area contributed by atoms with Crippen molar-refractivity contribution in [1.82, 2.24) is 4.31 Å².